The Morgan fingerprint density at radius 2 is 2.38 bits per heavy atom. The number of nitrogens with two attached hydrogens (primary N) is 1. The summed E-state index contributed by atoms with van der Waals surface area (Å²) in [5.74, 6) is -0.0965. The van der Waals surface area contributed by atoms with Crippen molar-refractivity contribution in [2.24, 2.45) is 5.73 Å². The third-order valence-corrected chi connectivity index (χ3v) is 2.69. The molecule has 0 aliphatic heterocycles. The molecule has 76 valence electrons. The summed E-state index contributed by atoms with van der Waals surface area (Å²) >= 11 is 1.72. The maximum atomic E-state index is 11.3. The molecule has 0 bridgehead atoms. The van der Waals surface area contributed by atoms with Crippen molar-refractivity contribution < 1.29 is 4.79 Å². The Kier molecular flexibility index (Phi) is 6.72. The average Bonchev–Trinajstić information content (AvgIpc) is 2.13. The first-order valence-corrected chi connectivity index (χ1v) is 5.57. The zero-order chi connectivity index (χ0) is 10.3. The highest BCUT2D eigenvalue weighted by Crippen LogP contribution is 2.02. The second-order valence-corrected chi connectivity index (χ2v) is 4.20. The second kappa shape index (κ2) is 6.97. The molecule has 4 heteroatoms. The molecule has 2 unspecified atom stereocenters. The molecule has 1 amide bonds. The first-order chi connectivity index (χ1) is 6.11. The minimum absolute atomic E-state index is 0.0965. The maximum Gasteiger partial charge on any atom is 0.237 e. The van der Waals surface area contributed by atoms with Gasteiger partial charge in [-0.1, -0.05) is 13.0 Å². The summed E-state index contributed by atoms with van der Waals surface area (Å²) in [4.78, 5) is 11.3. The van der Waals surface area contributed by atoms with E-state index in [0.29, 0.717) is 18.2 Å². The molecule has 0 aromatic heterocycles. The Bertz CT molecular complexity index is 173. The van der Waals surface area contributed by atoms with Crippen LogP contribution in [0.15, 0.2) is 12.7 Å². The Labute approximate surface area is 84.1 Å². The van der Waals surface area contributed by atoms with E-state index in [0.717, 1.165) is 0 Å². The summed E-state index contributed by atoms with van der Waals surface area (Å²) in [5, 5.41) is 3.22. The number of carbonyl (C=O) groups is 1. The molecule has 0 heterocycles. The standard InChI is InChI=1S/C9H18N2OS/c1-4-5-8(10)9(12)11-6-7(2)13-3/h4,7-8H,1,5-6,10H2,2-3H3,(H,11,12). The number of hydrogen-bond acceptors (Lipinski definition) is 3. The van der Waals surface area contributed by atoms with Gasteiger partial charge in [0.05, 0.1) is 6.04 Å². The molecule has 0 saturated heterocycles. The summed E-state index contributed by atoms with van der Waals surface area (Å²) < 4.78 is 0. The fraction of sp³-hybridized carbons (Fsp3) is 0.667. The van der Waals surface area contributed by atoms with Crippen LogP contribution in [0.1, 0.15) is 13.3 Å². The second-order valence-electron chi connectivity index (χ2n) is 2.92. The Morgan fingerprint density at radius 3 is 2.85 bits per heavy atom. The van der Waals surface area contributed by atoms with Gasteiger partial charge in [-0.05, 0) is 12.7 Å². The fourth-order valence-corrected chi connectivity index (χ4v) is 0.995. The van der Waals surface area contributed by atoms with Crippen LogP contribution < -0.4 is 11.1 Å². The van der Waals surface area contributed by atoms with Gasteiger partial charge in [0.15, 0.2) is 0 Å². The number of amides is 1. The Hall–Kier alpha value is -0.480. The van der Waals surface area contributed by atoms with Crippen molar-refractivity contribution in [3.63, 3.8) is 0 Å². The van der Waals surface area contributed by atoms with E-state index < -0.39 is 6.04 Å². The zero-order valence-electron chi connectivity index (χ0n) is 8.25. The summed E-state index contributed by atoms with van der Waals surface area (Å²) in [6.07, 6.45) is 4.20. The first kappa shape index (κ1) is 12.5. The van der Waals surface area contributed by atoms with Crippen LogP contribution in [0.2, 0.25) is 0 Å². The largest absolute Gasteiger partial charge is 0.354 e. The minimum Gasteiger partial charge on any atom is -0.354 e. The molecule has 2 atom stereocenters. The molecule has 0 fully saturated rings. The minimum atomic E-state index is -0.452. The molecule has 3 N–H and O–H groups in total. The summed E-state index contributed by atoms with van der Waals surface area (Å²) in [7, 11) is 0. The number of nitrogens with one attached hydrogen (secondary N) is 1. The topological polar surface area (TPSA) is 55.1 Å². The third-order valence-electron chi connectivity index (χ3n) is 1.72. The van der Waals surface area contributed by atoms with Crippen LogP contribution >= 0.6 is 11.8 Å². The molecule has 3 nitrogen and oxygen atoms in total. The van der Waals surface area contributed by atoms with Crippen LogP contribution in [0, 0.1) is 0 Å². The highest BCUT2D eigenvalue weighted by Gasteiger charge is 2.11. The molecule has 0 rings (SSSR count). The molecular weight excluding hydrogens is 184 g/mol. The van der Waals surface area contributed by atoms with Gasteiger partial charge < -0.3 is 11.1 Å². The van der Waals surface area contributed by atoms with E-state index in [1.807, 2.05) is 6.26 Å². The predicted molar refractivity (Wildman–Crippen MR) is 58.8 cm³/mol. The van der Waals surface area contributed by atoms with Crippen molar-refractivity contribution in [3.05, 3.63) is 12.7 Å². The lowest BCUT2D eigenvalue weighted by Crippen LogP contribution is -2.42. The van der Waals surface area contributed by atoms with Gasteiger partial charge in [0.1, 0.15) is 0 Å². The molecule has 0 aliphatic rings. The fourth-order valence-electron chi connectivity index (χ4n) is 0.745. The third kappa shape index (κ3) is 5.71. The normalized spacial score (nSPS) is 14.7. The van der Waals surface area contributed by atoms with Crippen LogP contribution in [-0.4, -0.2) is 30.0 Å². The van der Waals surface area contributed by atoms with Crippen molar-refractivity contribution in [1.82, 2.24) is 5.32 Å². The molecule has 13 heavy (non-hydrogen) atoms. The van der Waals surface area contributed by atoms with E-state index in [2.05, 4.69) is 18.8 Å². The smallest absolute Gasteiger partial charge is 0.237 e. The van der Waals surface area contributed by atoms with Gasteiger partial charge in [-0.3, -0.25) is 4.79 Å². The summed E-state index contributed by atoms with van der Waals surface area (Å²) in [6.45, 7) is 6.26. The van der Waals surface area contributed by atoms with Crippen molar-refractivity contribution in [3.8, 4) is 0 Å². The highest BCUT2D eigenvalue weighted by molar-refractivity contribution is 7.99. The van der Waals surface area contributed by atoms with Crippen molar-refractivity contribution >= 4 is 17.7 Å². The summed E-state index contributed by atoms with van der Waals surface area (Å²) in [6, 6.07) is -0.452. The van der Waals surface area contributed by atoms with E-state index in [1.54, 1.807) is 17.8 Å². The van der Waals surface area contributed by atoms with E-state index in [9.17, 15) is 4.79 Å². The quantitative estimate of drug-likeness (QED) is 0.625. The SMILES string of the molecule is C=CCC(N)C(=O)NCC(C)SC. The highest BCUT2D eigenvalue weighted by atomic mass is 32.2. The van der Waals surface area contributed by atoms with Gasteiger partial charge in [0.25, 0.3) is 0 Å². The lowest BCUT2D eigenvalue weighted by atomic mass is 10.2. The van der Waals surface area contributed by atoms with E-state index in [4.69, 9.17) is 5.73 Å². The summed E-state index contributed by atoms with van der Waals surface area (Å²) in [5.41, 5.74) is 5.57. The van der Waals surface area contributed by atoms with Crippen molar-refractivity contribution in [1.29, 1.82) is 0 Å². The molecule has 0 radical (unpaired) electrons. The van der Waals surface area contributed by atoms with Crippen LogP contribution in [0.5, 0.6) is 0 Å². The van der Waals surface area contributed by atoms with E-state index >= 15 is 0 Å². The van der Waals surface area contributed by atoms with Crippen LogP contribution in [0.3, 0.4) is 0 Å². The number of carbonyl (C=O) groups excluding carboxylic acids is 1. The van der Waals surface area contributed by atoms with E-state index in [-0.39, 0.29) is 5.91 Å². The van der Waals surface area contributed by atoms with Gasteiger partial charge >= 0.3 is 0 Å². The first-order valence-electron chi connectivity index (χ1n) is 4.28. The average molecular weight is 202 g/mol. The molecular formula is C9H18N2OS. The molecule has 0 saturated carbocycles. The van der Waals surface area contributed by atoms with Gasteiger partial charge in [0.2, 0.25) is 5.91 Å². The number of rotatable bonds is 6. The number of hydrogen-bond donors (Lipinski definition) is 2. The molecule has 0 aromatic rings. The van der Waals surface area contributed by atoms with Crippen molar-refractivity contribution in [2.45, 2.75) is 24.6 Å². The van der Waals surface area contributed by atoms with E-state index in [1.165, 1.54) is 0 Å². The lowest BCUT2D eigenvalue weighted by molar-refractivity contribution is -0.122. The van der Waals surface area contributed by atoms with Crippen molar-refractivity contribution in [2.75, 3.05) is 12.8 Å². The zero-order valence-corrected chi connectivity index (χ0v) is 9.06. The molecule has 0 aliphatic carbocycles. The molecule has 0 aromatic carbocycles. The monoisotopic (exact) mass is 202 g/mol. The van der Waals surface area contributed by atoms with Crippen LogP contribution in [-0.2, 0) is 4.79 Å². The predicted octanol–water partition coefficient (Wildman–Crippen LogP) is 0.758. The maximum absolute atomic E-state index is 11.3. The molecule has 0 spiro atoms. The van der Waals surface area contributed by atoms with Gasteiger partial charge in [-0.15, -0.1) is 6.58 Å². The van der Waals surface area contributed by atoms with Gasteiger partial charge in [-0.2, -0.15) is 11.8 Å². The Balaban J connectivity index is 3.67. The van der Waals surface area contributed by atoms with Crippen LogP contribution in [0.4, 0.5) is 0 Å². The van der Waals surface area contributed by atoms with Gasteiger partial charge in [0, 0.05) is 11.8 Å². The van der Waals surface area contributed by atoms with Crippen LogP contribution in [0.25, 0.3) is 0 Å². The Morgan fingerprint density at radius 1 is 1.77 bits per heavy atom. The number of thioether (sulfide) groups is 1. The van der Waals surface area contributed by atoms with Gasteiger partial charge in [-0.25, -0.2) is 0 Å². The lowest BCUT2D eigenvalue weighted by Gasteiger charge is -2.12.